The molecule has 0 saturated carbocycles. The van der Waals surface area contributed by atoms with Crippen LogP contribution >= 0.6 is 8.58 Å². The van der Waals surface area contributed by atoms with Crippen molar-refractivity contribution in [3.8, 4) is 0 Å². The number of ether oxygens (including phenoxy) is 1. The molecule has 0 bridgehead atoms. The zero-order chi connectivity index (χ0) is 10.1. The topological polar surface area (TPSA) is 26.3 Å². The van der Waals surface area contributed by atoms with E-state index in [4.69, 9.17) is 4.74 Å². The summed E-state index contributed by atoms with van der Waals surface area (Å²) in [5, 5.41) is 0. The molecule has 14 heavy (non-hydrogen) atoms. The van der Waals surface area contributed by atoms with Gasteiger partial charge in [0.1, 0.15) is 6.61 Å². The first-order valence-corrected chi connectivity index (χ1v) is 6.46. The highest BCUT2D eigenvalue weighted by Gasteiger charge is 2.03. The van der Waals surface area contributed by atoms with Gasteiger partial charge in [-0.1, -0.05) is 19.9 Å². The third kappa shape index (κ3) is 10.0. The summed E-state index contributed by atoms with van der Waals surface area (Å²) in [6.45, 7) is 7.96. The van der Waals surface area contributed by atoms with Crippen LogP contribution in [0.5, 0.6) is 0 Å². The van der Waals surface area contributed by atoms with E-state index < -0.39 is 0 Å². The molecule has 0 saturated heterocycles. The van der Waals surface area contributed by atoms with Crippen LogP contribution in [0.25, 0.3) is 0 Å². The molecule has 0 radical (unpaired) electrons. The van der Waals surface area contributed by atoms with Crippen LogP contribution in [0.2, 0.25) is 0 Å². The van der Waals surface area contributed by atoms with Crippen molar-refractivity contribution >= 4 is 14.6 Å². The lowest BCUT2D eigenvalue weighted by Gasteiger charge is -2.00. The van der Waals surface area contributed by atoms with Crippen LogP contribution < -0.4 is 12.4 Å². The van der Waals surface area contributed by atoms with Gasteiger partial charge in [-0.15, -0.1) is 0 Å². The summed E-state index contributed by atoms with van der Waals surface area (Å²) in [5.74, 6) is -0.255. The predicted octanol–water partition coefficient (Wildman–Crippen LogP) is -0.679. The zero-order valence-corrected chi connectivity index (χ0v) is 10.9. The highest BCUT2D eigenvalue weighted by Crippen LogP contribution is 2.11. The van der Waals surface area contributed by atoms with E-state index in [-0.39, 0.29) is 18.4 Å². The summed E-state index contributed by atoms with van der Waals surface area (Å²) in [7, 11) is 0.476. The van der Waals surface area contributed by atoms with E-state index in [0.717, 1.165) is 6.16 Å². The van der Waals surface area contributed by atoms with E-state index in [2.05, 4.69) is 13.5 Å². The van der Waals surface area contributed by atoms with E-state index in [0.29, 0.717) is 20.8 Å². The van der Waals surface area contributed by atoms with E-state index in [1.54, 1.807) is 6.92 Å². The summed E-state index contributed by atoms with van der Waals surface area (Å²) >= 11 is 0. The molecule has 84 valence electrons. The van der Waals surface area contributed by atoms with Gasteiger partial charge in [0.05, 0.1) is 12.3 Å². The first kappa shape index (κ1) is 16.4. The lowest BCUT2D eigenvalue weighted by molar-refractivity contribution is -0.138. The number of rotatable bonds is 7. The molecule has 0 heterocycles. The van der Waals surface area contributed by atoms with Crippen molar-refractivity contribution in [1.82, 2.24) is 0 Å². The summed E-state index contributed by atoms with van der Waals surface area (Å²) in [4.78, 5) is 10.9. The molecule has 1 atom stereocenters. The molecule has 0 aliphatic heterocycles. The molecule has 0 aliphatic rings. The summed E-state index contributed by atoms with van der Waals surface area (Å²) < 4.78 is 4.97. The molecule has 0 amide bonds. The van der Waals surface area contributed by atoms with Crippen LogP contribution in [0.1, 0.15) is 26.7 Å². The molecule has 4 heteroatoms. The average molecular weight is 239 g/mol. The molecule has 0 spiro atoms. The van der Waals surface area contributed by atoms with Crippen molar-refractivity contribution in [2.45, 2.75) is 26.7 Å². The molecule has 0 N–H and O–H groups in total. The Hall–Kier alpha value is -0.0700. The molecule has 0 aromatic carbocycles. The minimum Gasteiger partial charge on any atom is -1.00 e. The Morgan fingerprint density at radius 3 is 2.57 bits per heavy atom. The Balaban J connectivity index is 0. The normalized spacial score (nSPS) is 9.86. The molecule has 0 aromatic heterocycles. The summed E-state index contributed by atoms with van der Waals surface area (Å²) in [6, 6.07) is 0. The first-order chi connectivity index (χ1) is 6.18. The minimum absolute atomic E-state index is 0. The summed E-state index contributed by atoms with van der Waals surface area (Å²) in [5.41, 5.74) is 0.489. The van der Waals surface area contributed by atoms with Crippen molar-refractivity contribution in [1.29, 1.82) is 0 Å². The number of carbonyl (C=O) groups is 1. The Bertz CT molecular complexity index is 172. The second-order valence-electron chi connectivity index (χ2n) is 3.14. The van der Waals surface area contributed by atoms with E-state index in [1.807, 2.05) is 0 Å². The van der Waals surface area contributed by atoms with Crippen molar-refractivity contribution < 1.29 is 21.9 Å². The molecule has 0 rings (SSSR count). The number of esters is 1. The van der Waals surface area contributed by atoms with Crippen LogP contribution in [0, 0.1) is 0 Å². The molecule has 2 nitrogen and oxygen atoms in total. The van der Waals surface area contributed by atoms with E-state index in [9.17, 15) is 4.79 Å². The number of hydrogen-bond donors (Lipinski definition) is 0. The quantitative estimate of drug-likeness (QED) is 0.254. The fourth-order valence-electron chi connectivity index (χ4n) is 0.851. The van der Waals surface area contributed by atoms with Gasteiger partial charge in [0.15, 0.2) is 0 Å². The summed E-state index contributed by atoms with van der Waals surface area (Å²) in [6.07, 6.45) is 4.95. The highest BCUT2D eigenvalue weighted by atomic mass is 35.5. The molecule has 0 fully saturated rings. The van der Waals surface area contributed by atoms with Gasteiger partial charge in [0, 0.05) is 5.57 Å². The van der Waals surface area contributed by atoms with Gasteiger partial charge in [0.25, 0.3) is 0 Å². The van der Waals surface area contributed by atoms with Crippen molar-refractivity contribution in [3.05, 3.63) is 12.2 Å². The smallest absolute Gasteiger partial charge is 0.333 e. The Morgan fingerprint density at radius 2 is 2.07 bits per heavy atom. The average Bonchev–Trinajstić information content (AvgIpc) is 2.10. The molecule has 0 aliphatic carbocycles. The number of carbonyl (C=O) groups excluding carboxylic acids is 1. The standard InChI is InChI=1S/C10H19O2P.ClH/c1-4-5-7-13-8-6-12-10(11)9(2)3;/h13H,2,4-8H2,1,3H3;1H. The molecular weight excluding hydrogens is 219 g/mol. The van der Waals surface area contributed by atoms with Gasteiger partial charge >= 0.3 is 5.97 Å². The first-order valence-electron chi connectivity index (χ1n) is 4.82. The number of unbranched alkanes of at least 4 members (excludes halogenated alkanes) is 1. The third-order valence-electron chi connectivity index (χ3n) is 1.67. The van der Waals surface area contributed by atoms with Crippen LogP contribution in [0.4, 0.5) is 0 Å². The van der Waals surface area contributed by atoms with Crippen molar-refractivity contribution in [3.63, 3.8) is 0 Å². The van der Waals surface area contributed by atoms with Crippen LogP contribution in [0.3, 0.4) is 0 Å². The Labute approximate surface area is 94.7 Å². The van der Waals surface area contributed by atoms with Gasteiger partial charge < -0.3 is 17.1 Å². The van der Waals surface area contributed by atoms with E-state index in [1.165, 1.54) is 19.0 Å². The molecule has 1 unspecified atom stereocenters. The maximum atomic E-state index is 10.9. The number of halogens is 1. The predicted molar refractivity (Wildman–Crippen MR) is 60.1 cm³/mol. The van der Waals surface area contributed by atoms with E-state index >= 15 is 0 Å². The van der Waals surface area contributed by atoms with Crippen molar-refractivity contribution in [2.24, 2.45) is 0 Å². The van der Waals surface area contributed by atoms with Gasteiger partial charge in [-0.3, -0.25) is 0 Å². The van der Waals surface area contributed by atoms with Gasteiger partial charge in [-0.25, -0.2) is 4.79 Å². The third-order valence-corrected chi connectivity index (χ3v) is 3.13. The van der Waals surface area contributed by atoms with Crippen LogP contribution in [-0.4, -0.2) is 24.9 Å². The Morgan fingerprint density at radius 1 is 1.43 bits per heavy atom. The maximum Gasteiger partial charge on any atom is 0.333 e. The SMILES string of the molecule is C=C(C)C(=O)OCC[PH2+]CCCC.[Cl-]. The fourth-order valence-corrected chi connectivity index (χ4v) is 2.12. The lowest BCUT2D eigenvalue weighted by atomic mass is 10.4. The van der Waals surface area contributed by atoms with Gasteiger partial charge in [0.2, 0.25) is 0 Å². The number of hydrogen-bond acceptors (Lipinski definition) is 2. The molecular formula is C10H20ClO2P. The largest absolute Gasteiger partial charge is 1.00 e. The Kier molecular flexibility index (Phi) is 12.9. The monoisotopic (exact) mass is 238 g/mol. The second kappa shape index (κ2) is 11.0. The molecule has 0 aromatic rings. The fraction of sp³-hybridized carbons (Fsp3) is 0.700. The zero-order valence-electron chi connectivity index (χ0n) is 9.01. The van der Waals surface area contributed by atoms with Crippen molar-refractivity contribution in [2.75, 3.05) is 18.9 Å². The van der Waals surface area contributed by atoms with Crippen LogP contribution in [-0.2, 0) is 9.53 Å². The lowest BCUT2D eigenvalue weighted by Crippen LogP contribution is -3.00. The van der Waals surface area contributed by atoms with Gasteiger partial charge in [-0.05, 0) is 21.9 Å². The second-order valence-corrected chi connectivity index (χ2v) is 4.87. The van der Waals surface area contributed by atoms with Crippen LogP contribution in [0.15, 0.2) is 12.2 Å². The maximum absolute atomic E-state index is 10.9. The minimum atomic E-state index is -0.255. The highest BCUT2D eigenvalue weighted by molar-refractivity contribution is 7.37. The van der Waals surface area contributed by atoms with Gasteiger partial charge in [-0.2, -0.15) is 0 Å².